The van der Waals surface area contributed by atoms with Crippen LogP contribution in [0.1, 0.15) is 12.1 Å². The zero-order valence-electron chi connectivity index (χ0n) is 10.2. The first kappa shape index (κ1) is 12.2. The number of methoxy groups -OCH3 is 1. The smallest absolute Gasteiger partial charge is 0.305 e. The lowest BCUT2D eigenvalue weighted by Crippen LogP contribution is -2.03. The number of carbonyl (C=O) groups excluding carboxylic acids is 1. The first-order valence-corrected chi connectivity index (χ1v) is 5.73. The molecule has 1 aromatic carbocycles. The van der Waals surface area contributed by atoms with E-state index in [9.17, 15) is 4.79 Å². The van der Waals surface area contributed by atoms with Crippen LogP contribution in [-0.4, -0.2) is 23.3 Å². The first-order valence-electron chi connectivity index (χ1n) is 5.73. The fourth-order valence-corrected chi connectivity index (χ4v) is 1.65. The Hall–Kier alpha value is -2.23. The van der Waals surface area contributed by atoms with E-state index in [1.807, 2.05) is 36.4 Å². The van der Waals surface area contributed by atoms with E-state index in [4.69, 9.17) is 0 Å². The molecule has 1 aromatic heterocycles. The Balaban J connectivity index is 2.13. The summed E-state index contributed by atoms with van der Waals surface area (Å²) >= 11 is 0. The van der Waals surface area contributed by atoms with Crippen molar-refractivity contribution in [1.82, 2.24) is 10.2 Å². The summed E-state index contributed by atoms with van der Waals surface area (Å²) in [4.78, 5) is 11.1. The maximum Gasteiger partial charge on any atom is 0.305 e. The van der Waals surface area contributed by atoms with E-state index in [0.717, 1.165) is 16.8 Å². The van der Waals surface area contributed by atoms with Crippen molar-refractivity contribution in [3.63, 3.8) is 0 Å². The first-order chi connectivity index (χ1) is 8.79. The Bertz CT molecular complexity index is 526. The third-order valence-electron chi connectivity index (χ3n) is 2.63. The Labute approximate surface area is 106 Å². The quantitative estimate of drug-likeness (QED) is 0.772. The van der Waals surface area contributed by atoms with Crippen molar-refractivity contribution >= 4 is 5.97 Å². The number of hydrogen-bond acceptors (Lipinski definition) is 4. The number of esters is 1. The summed E-state index contributed by atoms with van der Waals surface area (Å²) in [5.74, 6) is -0.234. The number of aryl methyl sites for hydroxylation is 1. The van der Waals surface area contributed by atoms with Gasteiger partial charge in [0.2, 0.25) is 0 Å². The van der Waals surface area contributed by atoms with Gasteiger partial charge in [-0.2, -0.15) is 10.2 Å². The van der Waals surface area contributed by atoms with E-state index in [0.29, 0.717) is 12.8 Å². The van der Waals surface area contributed by atoms with Crippen LogP contribution in [0, 0.1) is 0 Å². The van der Waals surface area contributed by atoms with Gasteiger partial charge in [-0.1, -0.05) is 30.3 Å². The minimum atomic E-state index is -0.234. The molecule has 1 heterocycles. The van der Waals surface area contributed by atoms with Crippen LogP contribution in [0.4, 0.5) is 0 Å². The van der Waals surface area contributed by atoms with Crippen LogP contribution in [-0.2, 0) is 16.0 Å². The summed E-state index contributed by atoms with van der Waals surface area (Å²) < 4.78 is 4.60. The molecule has 92 valence electrons. The lowest BCUT2D eigenvalue weighted by Gasteiger charge is -2.03. The van der Waals surface area contributed by atoms with E-state index in [1.165, 1.54) is 7.11 Å². The molecule has 0 amide bonds. The fourth-order valence-electron chi connectivity index (χ4n) is 1.65. The van der Waals surface area contributed by atoms with Gasteiger partial charge in [0.05, 0.1) is 25.4 Å². The van der Waals surface area contributed by atoms with Gasteiger partial charge in [-0.05, 0) is 11.6 Å². The molecule has 0 bridgehead atoms. The van der Waals surface area contributed by atoms with Crippen LogP contribution < -0.4 is 0 Å². The van der Waals surface area contributed by atoms with Gasteiger partial charge >= 0.3 is 5.97 Å². The predicted octanol–water partition coefficient (Wildman–Crippen LogP) is 2.25. The summed E-state index contributed by atoms with van der Waals surface area (Å²) in [6, 6.07) is 11.9. The molecule has 0 spiro atoms. The summed E-state index contributed by atoms with van der Waals surface area (Å²) in [6.45, 7) is 0. The molecule has 0 saturated heterocycles. The molecule has 0 unspecified atom stereocenters. The number of carbonyl (C=O) groups is 1. The van der Waals surface area contributed by atoms with Gasteiger partial charge < -0.3 is 4.74 Å². The monoisotopic (exact) mass is 242 g/mol. The van der Waals surface area contributed by atoms with E-state index >= 15 is 0 Å². The second kappa shape index (κ2) is 5.91. The number of benzene rings is 1. The molecule has 4 heteroatoms. The van der Waals surface area contributed by atoms with Gasteiger partial charge in [-0.3, -0.25) is 4.79 Å². The van der Waals surface area contributed by atoms with Crippen LogP contribution in [0.25, 0.3) is 11.1 Å². The molecule has 0 fully saturated rings. The average molecular weight is 242 g/mol. The topological polar surface area (TPSA) is 52.1 Å². The lowest BCUT2D eigenvalue weighted by atomic mass is 10.1. The normalized spacial score (nSPS) is 10.1. The molecule has 4 nitrogen and oxygen atoms in total. The van der Waals surface area contributed by atoms with Crippen molar-refractivity contribution in [3.05, 3.63) is 48.3 Å². The SMILES string of the molecule is COC(=O)CCc1cc(-c2ccccc2)cnn1. The summed E-state index contributed by atoms with van der Waals surface area (Å²) in [6.07, 6.45) is 2.58. The minimum Gasteiger partial charge on any atom is -0.469 e. The minimum absolute atomic E-state index is 0.234. The standard InChI is InChI=1S/C14H14N2O2/c1-18-14(17)8-7-13-9-12(10-15-16-13)11-5-3-2-4-6-11/h2-6,9-10H,7-8H2,1H3. The van der Waals surface area contributed by atoms with E-state index < -0.39 is 0 Å². The summed E-state index contributed by atoms with van der Waals surface area (Å²) in [5, 5.41) is 7.98. The van der Waals surface area contributed by atoms with Crippen molar-refractivity contribution in [2.75, 3.05) is 7.11 Å². The predicted molar refractivity (Wildman–Crippen MR) is 67.8 cm³/mol. The molecular weight excluding hydrogens is 228 g/mol. The highest BCUT2D eigenvalue weighted by molar-refractivity contribution is 5.69. The van der Waals surface area contributed by atoms with Crippen LogP contribution in [0.15, 0.2) is 42.6 Å². The van der Waals surface area contributed by atoms with Crippen molar-refractivity contribution in [2.45, 2.75) is 12.8 Å². The third kappa shape index (κ3) is 3.13. The van der Waals surface area contributed by atoms with Crippen LogP contribution >= 0.6 is 0 Å². The number of ether oxygens (including phenoxy) is 1. The van der Waals surface area contributed by atoms with Gasteiger partial charge in [0.15, 0.2) is 0 Å². The zero-order chi connectivity index (χ0) is 12.8. The Kier molecular flexibility index (Phi) is 4.02. The largest absolute Gasteiger partial charge is 0.469 e. The molecule has 0 radical (unpaired) electrons. The lowest BCUT2D eigenvalue weighted by molar-refractivity contribution is -0.140. The summed E-state index contributed by atoms with van der Waals surface area (Å²) in [7, 11) is 1.38. The molecule has 0 atom stereocenters. The van der Waals surface area contributed by atoms with E-state index in [2.05, 4.69) is 14.9 Å². The second-order valence-electron chi connectivity index (χ2n) is 3.88. The van der Waals surface area contributed by atoms with Crippen molar-refractivity contribution in [1.29, 1.82) is 0 Å². The van der Waals surface area contributed by atoms with Crippen molar-refractivity contribution in [3.8, 4) is 11.1 Å². The van der Waals surface area contributed by atoms with Gasteiger partial charge in [0.25, 0.3) is 0 Å². The van der Waals surface area contributed by atoms with E-state index in [1.54, 1.807) is 6.20 Å². The highest BCUT2D eigenvalue weighted by atomic mass is 16.5. The fraction of sp³-hybridized carbons (Fsp3) is 0.214. The van der Waals surface area contributed by atoms with Crippen LogP contribution in [0.2, 0.25) is 0 Å². The molecule has 0 N–H and O–H groups in total. The molecule has 18 heavy (non-hydrogen) atoms. The third-order valence-corrected chi connectivity index (χ3v) is 2.63. The van der Waals surface area contributed by atoms with Crippen LogP contribution in [0.3, 0.4) is 0 Å². The molecule has 0 aliphatic heterocycles. The number of hydrogen-bond donors (Lipinski definition) is 0. The molecule has 0 aliphatic rings. The maximum absolute atomic E-state index is 11.1. The highest BCUT2D eigenvalue weighted by Gasteiger charge is 2.05. The second-order valence-corrected chi connectivity index (χ2v) is 3.88. The van der Waals surface area contributed by atoms with Gasteiger partial charge in [-0.15, -0.1) is 0 Å². The van der Waals surface area contributed by atoms with Crippen molar-refractivity contribution in [2.24, 2.45) is 0 Å². The van der Waals surface area contributed by atoms with Gasteiger partial charge in [0.1, 0.15) is 0 Å². The van der Waals surface area contributed by atoms with Crippen molar-refractivity contribution < 1.29 is 9.53 Å². The maximum atomic E-state index is 11.1. The Morgan fingerprint density at radius 3 is 2.72 bits per heavy atom. The molecule has 2 aromatic rings. The average Bonchev–Trinajstić information content (AvgIpc) is 2.46. The number of rotatable bonds is 4. The number of nitrogens with zero attached hydrogens (tertiary/aromatic N) is 2. The zero-order valence-corrected chi connectivity index (χ0v) is 10.2. The molecule has 0 aliphatic carbocycles. The van der Waals surface area contributed by atoms with E-state index in [-0.39, 0.29) is 5.97 Å². The summed E-state index contributed by atoms with van der Waals surface area (Å²) in [5.41, 5.74) is 2.89. The Morgan fingerprint density at radius 2 is 2.00 bits per heavy atom. The molecular formula is C14H14N2O2. The highest BCUT2D eigenvalue weighted by Crippen LogP contribution is 2.18. The molecule has 2 rings (SSSR count). The molecule has 0 saturated carbocycles. The number of aromatic nitrogens is 2. The van der Waals surface area contributed by atoms with Gasteiger partial charge in [0, 0.05) is 12.0 Å². The van der Waals surface area contributed by atoms with Crippen LogP contribution in [0.5, 0.6) is 0 Å². The Morgan fingerprint density at radius 1 is 1.22 bits per heavy atom. The van der Waals surface area contributed by atoms with Gasteiger partial charge in [-0.25, -0.2) is 0 Å².